The molecule has 0 radical (unpaired) electrons. The van der Waals surface area contributed by atoms with E-state index in [1.54, 1.807) is 0 Å². The molecule has 1 aliphatic carbocycles. The molecule has 11 aromatic rings. The van der Waals surface area contributed by atoms with E-state index in [0.717, 1.165) is 67.5 Å². The van der Waals surface area contributed by atoms with Crippen LogP contribution in [-0.4, -0.2) is 0 Å². The molecule has 0 spiro atoms. The maximum absolute atomic E-state index is 6.56. The van der Waals surface area contributed by atoms with Crippen molar-refractivity contribution in [3.05, 3.63) is 168 Å². The van der Waals surface area contributed by atoms with Gasteiger partial charge in [-0.2, -0.15) is 0 Å². The van der Waals surface area contributed by atoms with E-state index >= 15 is 0 Å². The first kappa shape index (κ1) is 29.7. The van der Waals surface area contributed by atoms with Crippen LogP contribution in [0.2, 0.25) is 0 Å². The number of hydrogen-bond donors (Lipinski definition) is 0. The maximum atomic E-state index is 6.56. The third-order valence-electron chi connectivity index (χ3n) is 11.7. The second kappa shape index (κ2) is 11.3. The first-order chi connectivity index (χ1) is 26.8. The topological polar surface area (TPSA) is 26.3 Å². The molecule has 2 heterocycles. The maximum Gasteiger partial charge on any atom is 0.143 e. The van der Waals surface area contributed by atoms with Gasteiger partial charge in [-0.1, -0.05) is 133 Å². The molecule has 54 heavy (non-hydrogen) atoms. The van der Waals surface area contributed by atoms with Crippen molar-refractivity contribution in [2.75, 3.05) is 0 Å². The van der Waals surface area contributed by atoms with Gasteiger partial charge < -0.3 is 8.83 Å². The Hall–Kier alpha value is -6.90. The Morgan fingerprint density at radius 3 is 1.63 bits per heavy atom. The Labute approximate surface area is 310 Å². The van der Waals surface area contributed by atoms with E-state index < -0.39 is 0 Å². The molecule has 0 bridgehead atoms. The molecule has 0 atom stereocenters. The SMILES string of the molecule is C1=c2c(-c3ccc(-c4cc5c6ccccc6oc5c5cc6oc7ccccc7c6cc45)cc3)c3ccccc3c(-c3ccc4ccccc4c3)c2=CCC1. The summed E-state index contributed by atoms with van der Waals surface area (Å²) >= 11 is 0. The van der Waals surface area contributed by atoms with E-state index in [0.29, 0.717) is 0 Å². The highest BCUT2D eigenvalue weighted by Gasteiger charge is 2.20. The minimum atomic E-state index is 0.870. The number of rotatable bonds is 3. The van der Waals surface area contributed by atoms with Gasteiger partial charge in [0.1, 0.15) is 22.3 Å². The largest absolute Gasteiger partial charge is 0.456 e. The zero-order valence-electron chi connectivity index (χ0n) is 29.4. The van der Waals surface area contributed by atoms with E-state index in [9.17, 15) is 0 Å². The van der Waals surface area contributed by atoms with Gasteiger partial charge in [0.15, 0.2) is 0 Å². The van der Waals surface area contributed by atoms with Gasteiger partial charge in [0.25, 0.3) is 0 Å². The highest BCUT2D eigenvalue weighted by Crippen LogP contribution is 2.43. The van der Waals surface area contributed by atoms with Gasteiger partial charge in [0.05, 0.1) is 0 Å². The summed E-state index contributed by atoms with van der Waals surface area (Å²) in [5.74, 6) is 0. The summed E-state index contributed by atoms with van der Waals surface area (Å²) in [7, 11) is 0. The zero-order valence-corrected chi connectivity index (χ0v) is 29.4. The fraction of sp³-hybridized carbons (Fsp3) is 0.0385. The van der Waals surface area contributed by atoms with E-state index in [2.05, 4.69) is 152 Å². The van der Waals surface area contributed by atoms with Crippen molar-refractivity contribution in [1.29, 1.82) is 0 Å². The van der Waals surface area contributed by atoms with Crippen LogP contribution in [0.4, 0.5) is 0 Å². The molecule has 0 saturated heterocycles. The van der Waals surface area contributed by atoms with Crippen molar-refractivity contribution in [2.24, 2.45) is 0 Å². The summed E-state index contributed by atoms with van der Waals surface area (Å²) in [6, 6.07) is 57.2. The van der Waals surface area contributed by atoms with Gasteiger partial charge in [-0.05, 0) is 120 Å². The summed E-state index contributed by atoms with van der Waals surface area (Å²) in [5, 5.41) is 14.5. The third kappa shape index (κ3) is 4.28. The summed E-state index contributed by atoms with van der Waals surface area (Å²) in [4.78, 5) is 0. The lowest BCUT2D eigenvalue weighted by molar-refractivity contribution is 0.667. The average molecular weight is 689 g/mol. The van der Waals surface area contributed by atoms with Crippen LogP contribution in [0.25, 0.3) is 122 Å². The molecule has 1 aliphatic rings. The predicted octanol–water partition coefficient (Wildman–Crippen LogP) is 13.3. The Balaban J connectivity index is 1.09. The lowest BCUT2D eigenvalue weighted by atomic mass is 9.85. The molecule has 0 saturated carbocycles. The molecule has 2 heteroatoms. The van der Waals surface area contributed by atoms with Gasteiger partial charge in [0, 0.05) is 26.9 Å². The number of hydrogen-bond acceptors (Lipinski definition) is 2. The lowest BCUT2D eigenvalue weighted by Crippen LogP contribution is -2.31. The molecule has 0 aliphatic heterocycles. The first-order valence-electron chi connectivity index (χ1n) is 18.8. The van der Waals surface area contributed by atoms with Crippen LogP contribution < -0.4 is 10.4 Å². The van der Waals surface area contributed by atoms with Gasteiger partial charge >= 0.3 is 0 Å². The second-order valence-electron chi connectivity index (χ2n) is 14.6. The van der Waals surface area contributed by atoms with Crippen LogP contribution in [0.1, 0.15) is 12.8 Å². The minimum Gasteiger partial charge on any atom is -0.456 e. The number of para-hydroxylation sites is 2. The molecule has 0 fully saturated rings. The monoisotopic (exact) mass is 688 g/mol. The lowest BCUT2D eigenvalue weighted by Gasteiger charge is -2.18. The van der Waals surface area contributed by atoms with Crippen LogP contribution in [0, 0.1) is 0 Å². The van der Waals surface area contributed by atoms with Crippen LogP contribution in [0.5, 0.6) is 0 Å². The molecule has 0 N–H and O–H groups in total. The Morgan fingerprint density at radius 2 is 0.889 bits per heavy atom. The standard InChI is InChI=1S/C52H32O2/c1-2-12-34-27-35(26-21-31(34)11-1)51-40-17-5-3-15-38(40)50(39-16-4-6-18-41(39)51)33-24-22-32(23-25-33)42-28-45-37-14-8-10-20-48(37)54-52(45)46-30-49-44(29-43(42)46)36-13-7-9-19-47(36)53-49/h1-3,5,7-30H,4,6H2. The van der Waals surface area contributed by atoms with Crippen LogP contribution in [-0.2, 0) is 0 Å². The third-order valence-corrected chi connectivity index (χ3v) is 11.7. The normalized spacial score (nSPS) is 13.0. The van der Waals surface area contributed by atoms with Gasteiger partial charge in [0.2, 0.25) is 0 Å². The Bertz CT molecular complexity index is 3490. The van der Waals surface area contributed by atoms with E-state index in [1.807, 2.05) is 18.2 Å². The molecule has 12 rings (SSSR count). The highest BCUT2D eigenvalue weighted by molar-refractivity contribution is 6.23. The molecular weight excluding hydrogens is 657 g/mol. The summed E-state index contributed by atoms with van der Waals surface area (Å²) in [6.45, 7) is 0. The van der Waals surface area contributed by atoms with Crippen molar-refractivity contribution in [3.63, 3.8) is 0 Å². The van der Waals surface area contributed by atoms with E-state index in [4.69, 9.17) is 8.83 Å². The molecular formula is C52H32O2. The van der Waals surface area contributed by atoms with Crippen molar-refractivity contribution in [1.82, 2.24) is 0 Å². The smallest absolute Gasteiger partial charge is 0.143 e. The molecule has 252 valence electrons. The summed E-state index contributed by atoms with van der Waals surface area (Å²) < 4.78 is 12.9. The second-order valence-corrected chi connectivity index (χ2v) is 14.6. The van der Waals surface area contributed by atoms with E-state index in [1.165, 1.54) is 65.4 Å². The molecule has 0 unspecified atom stereocenters. The summed E-state index contributed by atoms with van der Waals surface area (Å²) in [5.41, 5.74) is 11.0. The highest BCUT2D eigenvalue weighted by atomic mass is 16.3. The van der Waals surface area contributed by atoms with Gasteiger partial charge in [-0.25, -0.2) is 0 Å². The first-order valence-corrected chi connectivity index (χ1v) is 18.8. The zero-order chi connectivity index (χ0) is 35.3. The fourth-order valence-electron chi connectivity index (χ4n) is 9.19. The number of furan rings is 2. The molecule has 2 nitrogen and oxygen atoms in total. The van der Waals surface area contributed by atoms with Crippen molar-refractivity contribution >= 4 is 88.3 Å². The minimum absolute atomic E-state index is 0.870. The van der Waals surface area contributed by atoms with Crippen molar-refractivity contribution in [2.45, 2.75) is 12.8 Å². The fourth-order valence-corrected chi connectivity index (χ4v) is 9.19. The van der Waals surface area contributed by atoms with Crippen LogP contribution in [0.3, 0.4) is 0 Å². The summed E-state index contributed by atoms with van der Waals surface area (Å²) in [6.07, 6.45) is 7.00. The van der Waals surface area contributed by atoms with Crippen LogP contribution in [0.15, 0.2) is 167 Å². The van der Waals surface area contributed by atoms with Gasteiger partial charge in [-0.15, -0.1) is 0 Å². The molecule has 9 aromatic carbocycles. The Kier molecular flexibility index (Phi) is 6.20. The van der Waals surface area contributed by atoms with Crippen molar-refractivity contribution < 1.29 is 8.83 Å². The predicted molar refractivity (Wildman–Crippen MR) is 227 cm³/mol. The number of benzene rings is 9. The Morgan fingerprint density at radius 1 is 0.333 bits per heavy atom. The average Bonchev–Trinajstić information content (AvgIpc) is 3.80. The molecule has 2 aromatic heterocycles. The van der Waals surface area contributed by atoms with Gasteiger partial charge in [-0.3, -0.25) is 0 Å². The molecule has 0 amide bonds. The van der Waals surface area contributed by atoms with Crippen molar-refractivity contribution in [3.8, 4) is 33.4 Å². The number of fused-ring (bicyclic) bond motifs is 11. The van der Waals surface area contributed by atoms with E-state index in [-0.39, 0.29) is 0 Å². The quantitative estimate of drug-likeness (QED) is 0.185. The van der Waals surface area contributed by atoms with Crippen LogP contribution >= 0.6 is 0 Å².